The molecular weight excluding hydrogens is 224 g/mol. The molecule has 0 bridgehead atoms. The highest BCUT2D eigenvalue weighted by molar-refractivity contribution is 5.90. The topological polar surface area (TPSA) is 56.2 Å². The molecule has 2 heterocycles. The molecule has 0 aliphatic rings. The zero-order valence-corrected chi connectivity index (χ0v) is 10.4. The molecule has 3 rings (SSSR count). The second-order valence-corrected chi connectivity index (χ2v) is 4.36. The lowest BCUT2D eigenvalue weighted by Crippen LogP contribution is -2.00. The summed E-state index contributed by atoms with van der Waals surface area (Å²) in [7, 11) is 0. The predicted octanol–water partition coefficient (Wildman–Crippen LogP) is 2.60. The van der Waals surface area contributed by atoms with Crippen molar-refractivity contribution in [2.24, 2.45) is 0 Å². The van der Waals surface area contributed by atoms with Crippen LogP contribution in [0, 0.1) is 13.8 Å². The molecule has 0 saturated carbocycles. The number of nitrogen functional groups attached to an aromatic ring is 1. The van der Waals surface area contributed by atoms with E-state index in [-0.39, 0.29) is 0 Å². The van der Waals surface area contributed by atoms with Crippen molar-refractivity contribution in [2.75, 3.05) is 5.73 Å². The number of rotatable bonds is 1. The number of fused-ring (bicyclic) bond motifs is 1. The van der Waals surface area contributed by atoms with Gasteiger partial charge < -0.3 is 5.73 Å². The van der Waals surface area contributed by atoms with Gasteiger partial charge in [-0.25, -0.2) is 9.50 Å². The fourth-order valence-corrected chi connectivity index (χ4v) is 2.33. The van der Waals surface area contributed by atoms with Crippen molar-refractivity contribution in [3.63, 3.8) is 0 Å². The summed E-state index contributed by atoms with van der Waals surface area (Å²) in [4.78, 5) is 4.09. The van der Waals surface area contributed by atoms with E-state index >= 15 is 0 Å². The lowest BCUT2D eigenvalue weighted by atomic mass is 10.0. The first kappa shape index (κ1) is 10.8. The summed E-state index contributed by atoms with van der Waals surface area (Å²) >= 11 is 0. The van der Waals surface area contributed by atoms with E-state index in [9.17, 15) is 0 Å². The number of hydrogen-bond donors (Lipinski definition) is 1. The molecule has 0 unspecified atom stereocenters. The third kappa shape index (κ3) is 1.39. The summed E-state index contributed by atoms with van der Waals surface area (Å²) in [6, 6.07) is 10.2. The molecule has 0 atom stereocenters. The van der Waals surface area contributed by atoms with Gasteiger partial charge in [-0.2, -0.15) is 5.10 Å². The fourth-order valence-electron chi connectivity index (χ4n) is 2.33. The van der Waals surface area contributed by atoms with E-state index in [4.69, 9.17) is 5.73 Å². The first-order chi connectivity index (χ1) is 8.70. The lowest BCUT2D eigenvalue weighted by Gasteiger charge is -2.03. The van der Waals surface area contributed by atoms with Crippen molar-refractivity contribution in [3.05, 3.63) is 47.9 Å². The quantitative estimate of drug-likeness (QED) is 0.709. The van der Waals surface area contributed by atoms with Crippen LogP contribution in [0.4, 0.5) is 5.82 Å². The van der Waals surface area contributed by atoms with Crippen LogP contribution in [0.3, 0.4) is 0 Å². The Bertz CT molecular complexity index is 713. The average Bonchev–Trinajstić information content (AvgIpc) is 2.65. The molecule has 0 fully saturated rings. The van der Waals surface area contributed by atoms with Gasteiger partial charge in [-0.05, 0) is 25.0 Å². The predicted molar refractivity (Wildman–Crippen MR) is 72.3 cm³/mol. The van der Waals surface area contributed by atoms with Gasteiger partial charge in [-0.3, -0.25) is 0 Å². The monoisotopic (exact) mass is 238 g/mol. The first-order valence-electron chi connectivity index (χ1n) is 5.84. The van der Waals surface area contributed by atoms with E-state index in [1.54, 1.807) is 0 Å². The minimum absolute atomic E-state index is 0.514. The number of nitrogens with zero attached hydrogens (tertiary/aromatic N) is 3. The van der Waals surface area contributed by atoms with Gasteiger partial charge in [0, 0.05) is 11.3 Å². The molecule has 18 heavy (non-hydrogen) atoms. The van der Waals surface area contributed by atoms with Gasteiger partial charge in [0.25, 0.3) is 0 Å². The Balaban J connectivity index is 2.46. The summed E-state index contributed by atoms with van der Waals surface area (Å²) < 4.78 is 1.86. The van der Waals surface area contributed by atoms with Gasteiger partial charge in [-0.15, -0.1) is 0 Å². The van der Waals surface area contributed by atoms with Crippen LogP contribution in [0.15, 0.2) is 36.7 Å². The van der Waals surface area contributed by atoms with Crippen LogP contribution in [0.1, 0.15) is 11.3 Å². The van der Waals surface area contributed by atoms with Crippen LogP contribution in [-0.4, -0.2) is 14.6 Å². The summed E-state index contributed by atoms with van der Waals surface area (Å²) in [5, 5.41) is 4.27. The van der Waals surface area contributed by atoms with Crippen LogP contribution in [0.25, 0.3) is 16.6 Å². The molecule has 0 aliphatic heterocycles. The molecule has 4 nitrogen and oxygen atoms in total. The van der Waals surface area contributed by atoms with Crippen molar-refractivity contribution in [3.8, 4) is 11.1 Å². The number of aromatic nitrogens is 3. The Kier molecular flexibility index (Phi) is 2.30. The largest absolute Gasteiger partial charge is 0.382 e. The third-order valence-corrected chi connectivity index (χ3v) is 3.35. The van der Waals surface area contributed by atoms with Crippen LogP contribution in [-0.2, 0) is 0 Å². The Morgan fingerprint density at radius 2 is 1.83 bits per heavy atom. The number of anilines is 1. The Labute approximate surface area is 105 Å². The molecular formula is C14H14N4. The van der Waals surface area contributed by atoms with Gasteiger partial charge in [0.15, 0.2) is 5.82 Å². The normalized spacial score (nSPS) is 11.0. The summed E-state index contributed by atoms with van der Waals surface area (Å²) in [5.74, 6) is 0.514. The van der Waals surface area contributed by atoms with Crippen LogP contribution < -0.4 is 5.73 Å². The minimum Gasteiger partial charge on any atom is -0.382 e. The van der Waals surface area contributed by atoms with E-state index in [2.05, 4.69) is 29.1 Å². The molecule has 3 aromatic rings. The summed E-state index contributed by atoms with van der Waals surface area (Å²) in [6.45, 7) is 4.13. The Morgan fingerprint density at radius 3 is 2.56 bits per heavy atom. The van der Waals surface area contributed by atoms with Crippen molar-refractivity contribution < 1.29 is 0 Å². The van der Waals surface area contributed by atoms with Crippen LogP contribution >= 0.6 is 0 Å². The fraction of sp³-hybridized carbons (Fsp3) is 0.143. The van der Waals surface area contributed by atoms with Gasteiger partial charge >= 0.3 is 0 Å². The average molecular weight is 238 g/mol. The number of aryl methyl sites for hydroxylation is 1. The molecule has 2 N–H and O–H groups in total. The zero-order chi connectivity index (χ0) is 12.7. The molecule has 2 aromatic heterocycles. The standard InChI is InChI=1S/C14H14N4/c1-9-10(2)18-13(14(15)16-8-17-18)12(9)11-6-4-3-5-7-11/h3-8H,1-2H3,(H2,15,16,17). The highest BCUT2D eigenvalue weighted by Crippen LogP contribution is 2.33. The highest BCUT2D eigenvalue weighted by Gasteiger charge is 2.16. The first-order valence-corrected chi connectivity index (χ1v) is 5.84. The van der Waals surface area contributed by atoms with E-state index < -0.39 is 0 Å². The molecule has 0 radical (unpaired) electrons. The number of benzene rings is 1. The summed E-state index contributed by atoms with van der Waals surface area (Å²) in [5.41, 5.74) is 11.4. The Morgan fingerprint density at radius 1 is 1.11 bits per heavy atom. The third-order valence-electron chi connectivity index (χ3n) is 3.35. The molecule has 0 spiro atoms. The van der Waals surface area contributed by atoms with Gasteiger partial charge in [0.05, 0.1) is 0 Å². The van der Waals surface area contributed by atoms with Gasteiger partial charge in [0.2, 0.25) is 0 Å². The van der Waals surface area contributed by atoms with Crippen LogP contribution in [0.5, 0.6) is 0 Å². The Hall–Kier alpha value is -2.36. The molecule has 90 valence electrons. The second kappa shape index (κ2) is 3.84. The minimum atomic E-state index is 0.514. The van der Waals surface area contributed by atoms with E-state index in [1.807, 2.05) is 29.6 Å². The van der Waals surface area contributed by atoms with Gasteiger partial charge in [-0.1, -0.05) is 30.3 Å². The summed E-state index contributed by atoms with van der Waals surface area (Å²) in [6.07, 6.45) is 1.49. The molecule has 0 aliphatic carbocycles. The maximum absolute atomic E-state index is 6.00. The molecule has 4 heteroatoms. The molecule has 1 aromatic carbocycles. The number of nitrogens with two attached hydrogens (primary N) is 1. The second-order valence-electron chi connectivity index (χ2n) is 4.36. The molecule has 0 amide bonds. The highest BCUT2D eigenvalue weighted by atomic mass is 15.3. The smallest absolute Gasteiger partial charge is 0.151 e. The van der Waals surface area contributed by atoms with E-state index in [1.165, 1.54) is 11.9 Å². The van der Waals surface area contributed by atoms with Crippen molar-refractivity contribution in [1.29, 1.82) is 0 Å². The van der Waals surface area contributed by atoms with Crippen molar-refractivity contribution in [1.82, 2.24) is 14.6 Å². The SMILES string of the molecule is Cc1c(-c2ccccc2)c2c(N)ncnn2c1C. The van der Waals surface area contributed by atoms with E-state index in [0.29, 0.717) is 5.82 Å². The van der Waals surface area contributed by atoms with Crippen molar-refractivity contribution in [2.45, 2.75) is 13.8 Å². The van der Waals surface area contributed by atoms with E-state index in [0.717, 1.165) is 22.3 Å². The molecule has 0 saturated heterocycles. The number of hydrogen-bond acceptors (Lipinski definition) is 3. The zero-order valence-electron chi connectivity index (χ0n) is 10.4. The van der Waals surface area contributed by atoms with Gasteiger partial charge in [0.1, 0.15) is 11.8 Å². The van der Waals surface area contributed by atoms with Crippen molar-refractivity contribution >= 4 is 11.3 Å². The maximum atomic E-state index is 6.00. The van der Waals surface area contributed by atoms with Crippen LogP contribution in [0.2, 0.25) is 0 Å². The maximum Gasteiger partial charge on any atom is 0.151 e. The lowest BCUT2D eigenvalue weighted by molar-refractivity contribution is 0.871.